The summed E-state index contributed by atoms with van der Waals surface area (Å²) in [5, 5.41) is 2.90. The molecule has 0 fully saturated rings. The second-order valence-corrected chi connectivity index (χ2v) is 8.52. The van der Waals surface area contributed by atoms with Gasteiger partial charge in [0.25, 0.3) is 0 Å². The lowest BCUT2D eigenvalue weighted by molar-refractivity contribution is -0.121. The minimum absolute atomic E-state index is 0.109. The highest BCUT2D eigenvalue weighted by Gasteiger charge is 2.14. The molecule has 0 aliphatic carbocycles. The number of carbonyl (C=O) groups is 1. The lowest BCUT2D eigenvalue weighted by Crippen LogP contribution is -2.42. The Balaban J connectivity index is 1.53. The van der Waals surface area contributed by atoms with Gasteiger partial charge in [-0.3, -0.25) is 19.0 Å². The van der Waals surface area contributed by atoms with Crippen molar-refractivity contribution < 1.29 is 4.79 Å². The molecule has 4 aromatic rings. The molecule has 0 saturated carbocycles. The molecule has 0 aliphatic heterocycles. The van der Waals surface area contributed by atoms with Crippen LogP contribution in [0, 0.1) is 6.92 Å². The summed E-state index contributed by atoms with van der Waals surface area (Å²) in [6.07, 6.45) is 1.08. The number of nitrogens with one attached hydrogen (secondary N) is 1. The maximum Gasteiger partial charge on any atom is 0.317 e. The van der Waals surface area contributed by atoms with Crippen LogP contribution in [0.2, 0.25) is 0 Å². The molecule has 1 aromatic heterocycles. The zero-order chi connectivity index (χ0) is 24.1. The molecule has 0 aliphatic rings. The summed E-state index contributed by atoms with van der Waals surface area (Å²) in [5.41, 5.74) is 4.45. The molecular formula is C28H29N3O3. The zero-order valence-electron chi connectivity index (χ0n) is 19.6. The van der Waals surface area contributed by atoms with Gasteiger partial charge in [0.2, 0.25) is 5.91 Å². The van der Waals surface area contributed by atoms with Crippen LogP contribution in [0.4, 0.5) is 0 Å². The Bertz CT molecular complexity index is 1410. The lowest BCUT2D eigenvalue weighted by atomic mass is 10.1. The molecule has 0 radical (unpaired) electrons. The Morgan fingerprint density at radius 3 is 1.97 bits per heavy atom. The van der Waals surface area contributed by atoms with Crippen LogP contribution in [0.5, 0.6) is 0 Å². The molecule has 0 unspecified atom stereocenters. The standard InChI is InChI=1S/C28H29N3O3/c1-3-21-12-14-22(15-13-21)18-29-26(32)16-17-30-24-6-4-5-7-25(24)31(28(34)27(30)33)19-23-10-8-20(2)9-11-23/h4-15H,3,16-19H2,1-2H3,(H,29,32). The Morgan fingerprint density at radius 1 is 0.765 bits per heavy atom. The van der Waals surface area contributed by atoms with Crippen molar-refractivity contribution in [1.29, 1.82) is 0 Å². The van der Waals surface area contributed by atoms with Crippen LogP contribution in [-0.2, 0) is 30.8 Å². The van der Waals surface area contributed by atoms with E-state index in [1.54, 1.807) is 0 Å². The van der Waals surface area contributed by atoms with Gasteiger partial charge >= 0.3 is 11.1 Å². The summed E-state index contributed by atoms with van der Waals surface area (Å²) in [7, 11) is 0. The second kappa shape index (κ2) is 10.3. The topological polar surface area (TPSA) is 73.1 Å². The number of benzene rings is 3. The van der Waals surface area contributed by atoms with Crippen molar-refractivity contribution in [3.63, 3.8) is 0 Å². The lowest BCUT2D eigenvalue weighted by Gasteiger charge is -2.15. The van der Waals surface area contributed by atoms with Crippen molar-refractivity contribution in [2.45, 2.75) is 46.3 Å². The van der Waals surface area contributed by atoms with Crippen molar-refractivity contribution in [3.05, 3.63) is 116 Å². The first-order valence-electron chi connectivity index (χ1n) is 11.6. The fraction of sp³-hybridized carbons (Fsp3) is 0.250. The number of fused-ring (bicyclic) bond motifs is 1. The quantitative estimate of drug-likeness (QED) is 0.411. The minimum Gasteiger partial charge on any atom is -0.352 e. The first-order valence-corrected chi connectivity index (χ1v) is 11.6. The average molecular weight is 456 g/mol. The van der Waals surface area contributed by atoms with Crippen LogP contribution in [0.3, 0.4) is 0 Å². The zero-order valence-corrected chi connectivity index (χ0v) is 19.6. The summed E-state index contributed by atoms with van der Waals surface area (Å²) >= 11 is 0. The highest BCUT2D eigenvalue weighted by Crippen LogP contribution is 2.13. The Hall–Kier alpha value is -3.93. The van der Waals surface area contributed by atoms with E-state index in [1.807, 2.05) is 67.6 Å². The maximum absolute atomic E-state index is 13.0. The highest BCUT2D eigenvalue weighted by molar-refractivity contribution is 5.77. The average Bonchev–Trinajstić information content (AvgIpc) is 2.87. The third-order valence-corrected chi connectivity index (χ3v) is 6.08. The van der Waals surface area contributed by atoms with Crippen molar-refractivity contribution in [1.82, 2.24) is 14.5 Å². The number of aryl methyl sites for hydroxylation is 3. The molecule has 1 N–H and O–H groups in total. The van der Waals surface area contributed by atoms with Gasteiger partial charge in [-0.25, -0.2) is 0 Å². The molecule has 0 bridgehead atoms. The fourth-order valence-corrected chi connectivity index (χ4v) is 4.02. The molecule has 1 heterocycles. The normalized spacial score (nSPS) is 11.0. The SMILES string of the molecule is CCc1ccc(CNC(=O)CCn2c(=O)c(=O)n(Cc3ccc(C)cc3)c3ccccc32)cc1. The molecule has 1 amide bonds. The van der Waals surface area contributed by atoms with Crippen molar-refractivity contribution in [2.75, 3.05) is 0 Å². The minimum atomic E-state index is -0.617. The number of hydrogen-bond donors (Lipinski definition) is 1. The number of para-hydroxylation sites is 2. The van der Waals surface area contributed by atoms with Gasteiger partial charge in [-0.2, -0.15) is 0 Å². The van der Waals surface area contributed by atoms with Crippen LogP contribution < -0.4 is 16.4 Å². The van der Waals surface area contributed by atoms with E-state index in [0.717, 1.165) is 23.1 Å². The Morgan fingerprint density at radius 2 is 1.32 bits per heavy atom. The number of hydrogen-bond acceptors (Lipinski definition) is 3. The smallest absolute Gasteiger partial charge is 0.317 e. The molecule has 6 heteroatoms. The summed E-state index contributed by atoms with van der Waals surface area (Å²) in [5.74, 6) is -0.167. The molecule has 4 rings (SSSR count). The van der Waals surface area contributed by atoms with E-state index >= 15 is 0 Å². The van der Waals surface area contributed by atoms with Crippen LogP contribution >= 0.6 is 0 Å². The Kier molecular flexibility index (Phi) is 7.07. The first kappa shape index (κ1) is 23.2. The molecule has 34 heavy (non-hydrogen) atoms. The second-order valence-electron chi connectivity index (χ2n) is 8.52. The van der Waals surface area contributed by atoms with E-state index in [1.165, 1.54) is 14.7 Å². The molecule has 0 spiro atoms. The van der Waals surface area contributed by atoms with Gasteiger partial charge < -0.3 is 9.88 Å². The summed E-state index contributed by atoms with van der Waals surface area (Å²) in [6.45, 7) is 4.98. The van der Waals surface area contributed by atoms with E-state index in [9.17, 15) is 14.4 Å². The van der Waals surface area contributed by atoms with Gasteiger partial charge in [0.1, 0.15) is 0 Å². The van der Waals surface area contributed by atoms with Gasteiger partial charge in [-0.1, -0.05) is 73.2 Å². The van der Waals surface area contributed by atoms with E-state index in [0.29, 0.717) is 24.1 Å². The predicted octanol–water partition coefficient (Wildman–Crippen LogP) is 3.79. The first-order chi connectivity index (χ1) is 16.5. The van der Waals surface area contributed by atoms with Gasteiger partial charge in [0.15, 0.2) is 0 Å². The molecule has 6 nitrogen and oxygen atoms in total. The maximum atomic E-state index is 13.0. The molecule has 0 atom stereocenters. The van der Waals surface area contributed by atoms with Crippen LogP contribution in [-0.4, -0.2) is 15.0 Å². The summed E-state index contributed by atoms with van der Waals surface area (Å²) in [4.78, 5) is 38.5. The van der Waals surface area contributed by atoms with Crippen LogP contribution in [0.15, 0.2) is 82.4 Å². The van der Waals surface area contributed by atoms with Crippen LogP contribution in [0.1, 0.15) is 35.6 Å². The van der Waals surface area contributed by atoms with Crippen molar-refractivity contribution in [3.8, 4) is 0 Å². The predicted molar refractivity (Wildman–Crippen MR) is 135 cm³/mol. The van der Waals surface area contributed by atoms with Gasteiger partial charge in [-0.15, -0.1) is 0 Å². The molecular weight excluding hydrogens is 426 g/mol. The largest absolute Gasteiger partial charge is 0.352 e. The number of nitrogens with zero attached hydrogens (tertiary/aromatic N) is 2. The van der Waals surface area contributed by atoms with Gasteiger partial charge in [-0.05, 0) is 42.2 Å². The van der Waals surface area contributed by atoms with E-state index in [-0.39, 0.29) is 18.9 Å². The number of aromatic nitrogens is 2. The Labute approximate surface area is 198 Å². The van der Waals surface area contributed by atoms with Gasteiger partial charge in [0, 0.05) is 19.5 Å². The summed E-state index contributed by atoms with van der Waals surface area (Å²) < 4.78 is 2.93. The third kappa shape index (κ3) is 5.17. The van der Waals surface area contributed by atoms with Gasteiger partial charge in [0.05, 0.1) is 17.6 Å². The third-order valence-electron chi connectivity index (χ3n) is 6.08. The molecule has 3 aromatic carbocycles. The highest BCUT2D eigenvalue weighted by atomic mass is 16.2. The molecule has 174 valence electrons. The fourth-order valence-electron chi connectivity index (χ4n) is 4.02. The van der Waals surface area contributed by atoms with Crippen molar-refractivity contribution >= 4 is 16.9 Å². The van der Waals surface area contributed by atoms with E-state index in [4.69, 9.17) is 0 Å². The number of rotatable bonds is 8. The molecule has 0 saturated heterocycles. The van der Waals surface area contributed by atoms with Crippen molar-refractivity contribution in [2.24, 2.45) is 0 Å². The number of carbonyl (C=O) groups excluding carboxylic acids is 1. The summed E-state index contributed by atoms with van der Waals surface area (Å²) in [6, 6.07) is 23.3. The van der Waals surface area contributed by atoms with E-state index in [2.05, 4.69) is 24.4 Å². The van der Waals surface area contributed by atoms with Crippen LogP contribution in [0.25, 0.3) is 11.0 Å². The van der Waals surface area contributed by atoms with E-state index < -0.39 is 11.1 Å². The number of amides is 1. The monoisotopic (exact) mass is 455 g/mol.